The second-order valence-electron chi connectivity index (χ2n) is 6.52. The van der Waals surface area contributed by atoms with Crippen LogP contribution in [0.25, 0.3) is 0 Å². The number of hydrogen-bond donors (Lipinski definition) is 1. The number of ether oxygens (including phenoxy) is 1. The number of hydrogen-bond acceptors (Lipinski definition) is 2. The Balaban J connectivity index is 0.00000225. The third-order valence-electron chi connectivity index (χ3n) is 4.85. The molecule has 3 rings (SSSR count). The highest BCUT2D eigenvalue weighted by molar-refractivity contribution is 14.0. The Hall–Kier alpha value is -1.08. The normalized spacial score (nSPS) is 20.8. The van der Waals surface area contributed by atoms with Crippen molar-refractivity contribution in [1.29, 1.82) is 0 Å². The fourth-order valence-corrected chi connectivity index (χ4v) is 3.47. The molecule has 0 radical (unpaired) electrons. The predicted octanol–water partition coefficient (Wildman–Crippen LogP) is 3.80. The molecule has 1 aromatic carbocycles. The number of aliphatic imine (C=N–C) groups is 1. The highest BCUT2D eigenvalue weighted by Gasteiger charge is 2.25. The highest BCUT2D eigenvalue weighted by Crippen LogP contribution is 2.26. The molecule has 2 aliphatic heterocycles. The summed E-state index contributed by atoms with van der Waals surface area (Å²) in [5.41, 5.74) is 2.94. The standard InChI is InChI=1S/C20H29N3O.HI/c1-2-21-20(22-12-8-17-10-14-24-15-11-17)23-13-9-19(16-23)18-6-4-3-5-7-18;/h3-7,10,19H,2,8-9,11-16H2,1H3,(H,21,22);1H. The van der Waals surface area contributed by atoms with Gasteiger partial charge in [-0.15, -0.1) is 24.0 Å². The SMILES string of the molecule is CCNC(=NCCC1=CCOCC1)N1CCC(c2ccccc2)C1.I. The fraction of sp³-hybridized carbons (Fsp3) is 0.550. The first-order valence-electron chi connectivity index (χ1n) is 9.20. The van der Waals surface area contributed by atoms with Crippen LogP contribution in [-0.2, 0) is 4.74 Å². The molecule has 0 aliphatic carbocycles. The lowest BCUT2D eigenvalue weighted by molar-refractivity contribution is 0.153. The zero-order valence-corrected chi connectivity index (χ0v) is 17.4. The Morgan fingerprint density at radius 1 is 1.32 bits per heavy atom. The van der Waals surface area contributed by atoms with Crippen LogP contribution in [-0.4, -0.2) is 50.3 Å². The number of halogens is 1. The first-order chi connectivity index (χ1) is 11.9. The van der Waals surface area contributed by atoms with Crippen LogP contribution in [0.2, 0.25) is 0 Å². The van der Waals surface area contributed by atoms with Crippen LogP contribution in [0, 0.1) is 0 Å². The van der Waals surface area contributed by atoms with Crippen molar-refractivity contribution >= 4 is 29.9 Å². The first kappa shape index (κ1) is 20.2. The Morgan fingerprint density at radius 3 is 2.88 bits per heavy atom. The van der Waals surface area contributed by atoms with E-state index in [9.17, 15) is 0 Å². The molecule has 5 heteroatoms. The molecule has 0 spiro atoms. The van der Waals surface area contributed by atoms with E-state index in [0.29, 0.717) is 5.92 Å². The van der Waals surface area contributed by atoms with Crippen molar-refractivity contribution in [3.8, 4) is 0 Å². The van der Waals surface area contributed by atoms with Crippen molar-refractivity contribution in [3.05, 3.63) is 47.5 Å². The molecular weight excluding hydrogens is 425 g/mol. The van der Waals surface area contributed by atoms with E-state index < -0.39 is 0 Å². The smallest absolute Gasteiger partial charge is 0.193 e. The van der Waals surface area contributed by atoms with Crippen LogP contribution in [0.15, 0.2) is 47.0 Å². The van der Waals surface area contributed by atoms with Crippen LogP contribution in [0.1, 0.15) is 37.7 Å². The maximum atomic E-state index is 5.37. The van der Waals surface area contributed by atoms with Gasteiger partial charge < -0.3 is 15.0 Å². The second-order valence-corrected chi connectivity index (χ2v) is 6.52. The maximum absolute atomic E-state index is 5.37. The average molecular weight is 455 g/mol. The Labute approximate surface area is 168 Å². The summed E-state index contributed by atoms with van der Waals surface area (Å²) < 4.78 is 5.37. The lowest BCUT2D eigenvalue weighted by atomic mass is 9.99. The van der Waals surface area contributed by atoms with Crippen LogP contribution in [0.4, 0.5) is 0 Å². The third-order valence-corrected chi connectivity index (χ3v) is 4.85. The van der Waals surface area contributed by atoms with E-state index in [1.165, 1.54) is 17.6 Å². The summed E-state index contributed by atoms with van der Waals surface area (Å²) in [6.45, 7) is 7.70. The largest absolute Gasteiger partial charge is 0.377 e. The summed E-state index contributed by atoms with van der Waals surface area (Å²) in [5.74, 6) is 1.69. The molecule has 2 aliphatic rings. The predicted molar refractivity (Wildman–Crippen MR) is 115 cm³/mol. The molecule has 138 valence electrons. The number of guanidine groups is 1. The van der Waals surface area contributed by atoms with E-state index in [2.05, 4.69) is 53.5 Å². The third kappa shape index (κ3) is 5.99. The van der Waals surface area contributed by atoms with E-state index in [-0.39, 0.29) is 24.0 Å². The Kier molecular flexibility index (Phi) is 8.75. The lowest BCUT2D eigenvalue weighted by Crippen LogP contribution is -2.40. The van der Waals surface area contributed by atoms with Gasteiger partial charge in [-0.05, 0) is 31.7 Å². The van der Waals surface area contributed by atoms with E-state index in [1.807, 2.05) is 0 Å². The number of likely N-dealkylation sites (tertiary alicyclic amines) is 1. The molecular formula is C20H30IN3O. The van der Waals surface area contributed by atoms with Gasteiger partial charge in [0.1, 0.15) is 0 Å². The average Bonchev–Trinajstić information content (AvgIpc) is 3.13. The van der Waals surface area contributed by atoms with Gasteiger partial charge in [0.2, 0.25) is 0 Å². The minimum absolute atomic E-state index is 0. The van der Waals surface area contributed by atoms with Gasteiger partial charge in [-0.2, -0.15) is 0 Å². The summed E-state index contributed by atoms with van der Waals surface area (Å²) in [4.78, 5) is 7.28. The molecule has 2 heterocycles. The van der Waals surface area contributed by atoms with Crippen molar-refractivity contribution in [3.63, 3.8) is 0 Å². The van der Waals surface area contributed by atoms with E-state index in [4.69, 9.17) is 9.73 Å². The zero-order chi connectivity index (χ0) is 16.6. The zero-order valence-electron chi connectivity index (χ0n) is 15.1. The van der Waals surface area contributed by atoms with Crippen LogP contribution in [0.3, 0.4) is 0 Å². The summed E-state index contributed by atoms with van der Waals surface area (Å²) in [6, 6.07) is 10.9. The van der Waals surface area contributed by atoms with E-state index >= 15 is 0 Å². The van der Waals surface area contributed by atoms with Crippen LogP contribution < -0.4 is 5.32 Å². The van der Waals surface area contributed by atoms with Gasteiger partial charge in [0.25, 0.3) is 0 Å². The number of benzene rings is 1. The van der Waals surface area contributed by atoms with Gasteiger partial charge in [0.15, 0.2) is 5.96 Å². The maximum Gasteiger partial charge on any atom is 0.193 e. The molecule has 1 fully saturated rings. The molecule has 0 aromatic heterocycles. The molecule has 1 saturated heterocycles. The minimum Gasteiger partial charge on any atom is -0.377 e. The summed E-state index contributed by atoms with van der Waals surface area (Å²) in [6.07, 6.45) is 5.53. The van der Waals surface area contributed by atoms with Gasteiger partial charge in [-0.1, -0.05) is 42.0 Å². The van der Waals surface area contributed by atoms with Crippen LogP contribution in [0.5, 0.6) is 0 Å². The van der Waals surface area contributed by atoms with E-state index in [1.54, 1.807) is 0 Å². The topological polar surface area (TPSA) is 36.9 Å². The van der Waals surface area contributed by atoms with E-state index in [0.717, 1.165) is 58.2 Å². The van der Waals surface area contributed by atoms with Crippen molar-refractivity contribution in [1.82, 2.24) is 10.2 Å². The molecule has 1 N–H and O–H groups in total. The monoisotopic (exact) mass is 455 g/mol. The van der Waals surface area contributed by atoms with Gasteiger partial charge in [0, 0.05) is 32.1 Å². The summed E-state index contributed by atoms with van der Waals surface area (Å²) in [7, 11) is 0. The van der Waals surface area contributed by atoms with Crippen molar-refractivity contribution in [2.75, 3.05) is 39.4 Å². The number of nitrogens with one attached hydrogen (secondary N) is 1. The summed E-state index contributed by atoms with van der Waals surface area (Å²) in [5, 5.41) is 3.47. The Bertz CT molecular complexity index is 574. The molecule has 4 nitrogen and oxygen atoms in total. The number of rotatable bonds is 5. The second kappa shape index (κ2) is 10.8. The molecule has 25 heavy (non-hydrogen) atoms. The fourth-order valence-electron chi connectivity index (χ4n) is 3.47. The molecule has 0 saturated carbocycles. The van der Waals surface area contributed by atoms with Crippen molar-refractivity contribution in [2.24, 2.45) is 4.99 Å². The Morgan fingerprint density at radius 2 is 2.16 bits per heavy atom. The highest BCUT2D eigenvalue weighted by atomic mass is 127. The molecule has 1 unspecified atom stereocenters. The quantitative estimate of drug-likeness (QED) is 0.318. The van der Waals surface area contributed by atoms with Crippen molar-refractivity contribution in [2.45, 2.75) is 32.1 Å². The molecule has 1 atom stereocenters. The van der Waals surface area contributed by atoms with Gasteiger partial charge in [-0.25, -0.2) is 0 Å². The lowest BCUT2D eigenvalue weighted by Gasteiger charge is -2.22. The van der Waals surface area contributed by atoms with Gasteiger partial charge >= 0.3 is 0 Å². The molecule has 0 bridgehead atoms. The van der Waals surface area contributed by atoms with Gasteiger partial charge in [0.05, 0.1) is 13.2 Å². The van der Waals surface area contributed by atoms with Crippen molar-refractivity contribution < 1.29 is 4.74 Å². The minimum atomic E-state index is 0. The molecule has 0 amide bonds. The van der Waals surface area contributed by atoms with Crippen LogP contribution >= 0.6 is 24.0 Å². The van der Waals surface area contributed by atoms with Gasteiger partial charge in [-0.3, -0.25) is 4.99 Å². The first-order valence-corrected chi connectivity index (χ1v) is 9.20. The number of nitrogens with zero attached hydrogens (tertiary/aromatic N) is 2. The summed E-state index contributed by atoms with van der Waals surface area (Å²) >= 11 is 0. The molecule has 1 aromatic rings.